The molecule has 0 N–H and O–H groups in total. The summed E-state index contributed by atoms with van der Waals surface area (Å²) in [5.74, 6) is 0.514. The largest absolute Gasteiger partial charge is 0.312 e. The van der Waals surface area contributed by atoms with Gasteiger partial charge in [0.25, 0.3) is 0 Å². The highest BCUT2D eigenvalue weighted by Gasteiger charge is 2.32. The zero-order valence-electron chi connectivity index (χ0n) is 15.5. The fourth-order valence-electron chi connectivity index (χ4n) is 4.25. The molecule has 3 heterocycles. The summed E-state index contributed by atoms with van der Waals surface area (Å²) in [6.45, 7) is 6.09. The number of likely N-dealkylation sites (tertiary alicyclic amines) is 1. The molecule has 0 radical (unpaired) electrons. The lowest BCUT2D eigenvalue weighted by Crippen LogP contribution is -2.42. The number of aromatic nitrogens is 1. The van der Waals surface area contributed by atoms with Gasteiger partial charge < -0.3 is 9.80 Å². The van der Waals surface area contributed by atoms with Gasteiger partial charge in [-0.25, -0.2) is 0 Å². The van der Waals surface area contributed by atoms with Gasteiger partial charge in [0, 0.05) is 37.1 Å². The molecule has 2 aliphatic rings. The molecule has 4 rings (SSSR count). The van der Waals surface area contributed by atoms with Crippen LogP contribution in [0.3, 0.4) is 0 Å². The lowest BCUT2D eigenvalue weighted by Gasteiger charge is -2.33. The van der Waals surface area contributed by atoms with Crippen LogP contribution in [0.2, 0.25) is 0 Å². The summed E-state index contributed by atoms with van der Waals surface area (Å²) in [5, 5.41) is 0. The van der Waals surface area contributed by atoms with Gasteiger partial charge in [-0.1, -0.05) is 18.2 Å². The molecule has 26 heavy (non-hydrogen) atoms. The highest BCUT2D eigenvalue weighted by atomic mass is 16.2. The van der Waals surface area contributed by atoms with E-state index in [1.165, 1.54) is 16.7 Å². The summed E-state index contributed by atoms with van der Waals surface area (Å²) in [7, 11) is 0. The normalized spacial score (nSPS) is 18.1. The number of benzene rings is 1. The van der Waals surface area contributed by atoms with Crippen LogP contribution in [0.15, 0.2) is 42.7 Å². The van der Waals surface area contributed by atoms with E-state index in [0.29, 0.717) is 5.91 Å². The quantitative estimate of drug-likeness (QED) is 0.850. The van der Waals surface area contributed by atoms with E-state index < -0.39 is 0 Å². The Morgan fingerprint density at radius 3 is 2.77 bits per heavy atom. The average Bonchev–Trinajstić information content (AvgIpc) is 3.11. The van der Waals surface area contributed by atoms with E-state index in [-0.39, 0.29) is 5.92 Å². The molecular formula is C22H27N3O. The van der Waals surface area contributed by atoms with Crippen LogP contribution in [0.1, 0.15) is 29.5 Å². The minimum atomic E-state index is 0.181. The van der Waals surface area contributed by atoms with E-state index in [1.807, 2.05) is 23.4 Å². The summed E-state index contributed by atoms with van der Waals surface area (Å²) >= 11 is 0. The highest BCUT2D eigenvalue weighted by Crippen LogP contribution is 2.31. The Labute approximate surface area is 155 Å². The number of pyridine rings is 1. The van der Waals surface area contributed by atoms with E-state index in [2.05, 4.69) is 41.1 Å². The first-order chi connectivity index (χ1) is 12.7. The molecule has 2 aliphatic heterocycles. The first-order valence-corrected chi connectivity index (χ1v) is 9.73. The van der Waals surface area contributed by atoms with Gasteiger partial charge in [0.15, 0.2) is 0 Å². The topological polar surface area (TPSA) is 36.4 Å². The smallest absolute Gasteiger partial charge is 0.230 e. The summed E-state index contributed by atoms with van der Waals surface area (Å²) in [5.41, 5.74) is 5.09. The van der Waals surface area contributed by atoms with Crippen LogP contribution >= 0.6 is 0 Å². The second kappa shape index (κ2) is 7.58. The van der Waals surface area contributed by atoms with Gasteiger partial charge in [0.05, 0.1) is 0 Å². The van der Waals surface area contributed by atoms with Crippen molar-refractivity contribution in [2.24, 2.45) is 5.92 Å². The maximum Gasteiger partial charge on any atom is 0.230 e. The van der Waals surface area contributed by atoms with E-state index in [4.69, 9.17) is 0 Å². The first kappa shape index (κ1) is 17.2. The van der Waals surface area contributed by atoms with Crippen molar-refractivity contribution in [2.75, 3.05) is 31.1 Å². The number of aryl methyl sites for hydroxylation is 1. The predicted octanol–water partition coefficient (Wildman–Crippen LogP) is 3.23. The highest BCUT2D eigenvalue weighted by molar-refractivity contribution is 5.97. The molecule has 0 unspecified atom stereocenters. The van der Waals surface area contributed by atoms with Crippen LogP contribution < -0.4 is 4.90 Å². The average molecular weight is 349 g/mol. The van der Waals surface area contributed by atoms with Crippen LogP contribution in [0, 0.1) is 12.8 Å². The Hall–Kier alpha value is -2.20. The standard InChI is InChI=1S/C22H27N3O/c1-17-16-23-11-6-18(17)7-12-24-13-8-20(9-14-24)22(26)25-15-10-19-4-2-3-5-21(19)25/h2-6,11,16,20H,7-10,12-15H2,1H3. The Morgan fingerprint density at radius 1 is 1.15 bits per heavy atom. The van der Waals surface area contributed by atoms with Crippen LogP contribution in [0.25, 0.3) is 0 Å². The molecule has 4 heteroatoms. The van der Waals surface area contributed by atoms with E-state index in [0.717, 1.165) is 57.5 Å². The molecular weight excluding hydrogens is 322 g/mol. The van der Waals surface area contributed by atoms with Gasteiger partial charge >= 0.3 is 0 Å². The minimum absolute atomic E-state index is 0.181. The van der Waals surface area contributed by atoms with Gasteiger partial charge in [0.2, 0.25) is 5.91 Å². The summed E-state index contributed by atoms with van der Waals surface area (Å²) in [6, 6.07) is 10.5. The van der Waals surface area contributed by atoms with Crippen molar-refractivity contribution in [3.63, 3.8) is 0 Å². The minimum Gasteiger partial charge on any atom is -0.312 e. The molecule has 1 aromatic carbocycles. The number of amides is 1. The molecule has 1 aromatic heterocycles. The number of fused-ring (bicyclic) bond motifs is 1. The SMILES string of the molecule is Cc1cnccc1CCN1CCC(C(=O)N2CCc3ccccc32)CC1. The number of hydrogen-bond donors (Lipinski definition) is 0. The first-order valence-electron chi connectivity index (χ1n) is 9.73. The lowest BCUT2D eigenvalue weighted by molar-refractivity contribution is -0.123. The van der Waals surface area contributed by atoms with Gasteiger partial charge in [-0.2, -0.15) is 0 Å². The van der Waals surface area contributed by atoms with Gasteiger partial charge in [0.1, 0.15) is 0 Å². The van der Waals surface area contributed by atoms with Crippen molar-refractivity contribution in [2.45, 2.75) is 32.6 Å². The molecule has 4 nitrogen and oxygen atoms in total. The third-order valence-electron chi connectivity index (χ3n) is 5.92. The van der Waals surface area contributed by atoms with Crippen molar-refractivity contribution in [3.05, 3.63) is 59.4 Å². The van der Waals surface area contributed by atoms with Gasteiger partial charge in [-0.05, 0) is 74.5 Å². The van der Waals surface area contributed by atoms with Crippen molar-refractivity contribution in [1.29, 1.82) is 0 Å². The number of para-hydroxylation sites is 1. The van der Waals surface area contributed by atoms with Crippen LogP contribution in [-0.4, -0.2) is 42.0 Å². The number of nitrogens with zero attached hydrogens (tertiary/aromatic N) is 3. The number of anilines is 1. The van der Waals surface area contributed by atoms with E-state index in [9.17, 15) is 4.79 Å². The predicted molar refractivity (Wildman–Crippen MR) is 104 cm³/mol. The zero-order chi connectivity index (χ0) is 17.9. The molecule has 1 amide bonds. The maximum atomic E-state index is 13.0. The molecule has 0 bridgehead atoms. The van der Waals surface area contributed by atoms with Gasteiger partial charge in [-0.3, -0.25) is 9.78 Å². The Morgan fingerprint density at radius 2 is 1.96 bits per heavy atom. The zero-order valence-corrected chi connectivity index (χ0v) is 15.5. The van der Waals surface area contributed by atoms with Gasteiger partial charge in [-0.15, -0.1) is 0 Å². The number of piperidine rings is 1. The second-order valence-electron chi connectivity index (χ2n) is 7.54. The van der Waals surface area contributed by atoms with Crippen LogP contribution in [-0.2, 0) is 17.6 Å². The number of carbonyl (C=O) groups excluding carboxylic acids is 1. The number of rotatable bonds is 4. The summed E-state index contributed by atoms with van der Waals surface area (Å²) in [6.07, 6.45) is 7.83. The Bertz CT molecular complexity index is 780. The third-order valence-corrected chi connectivity index (χ3v) is 5.92. The maximum absolute atomic E-state index is 13.0. The van der Waals surface area contributed by atoms with Crippen LogP contribution in [0.5, 0.6) is 0 Å². The summed E-state index contributed by atoms with van der Waals surface area (Å²) in [4.78, 5) is 21.7. The fraction of sp³-hybridized carbons (Fsp3) is 0.455. The summed E-state index contributed by atoms with van der Waals surface area (Å²) < 4.78 is 0. The van der Waals surface area contributed by atoms with Crippen molar-refractivity contribution >= 4 is 11.6 Å². The molecule has 0 atom stereocenters. The molecule has 2 aromatic rings. The third kappa shape index (κ3) is 3.51. The molecule has 0 aliphatic carbocycles. The second-order valence-corrected chi connectivity index (χ2v) is 7.54. The Kier molecular flexibility index (Phi) is 5.02. The van der Waals surface area contributed by atoms with Crippen LogP contribution in [0.4, 0.5) is 5.69 Å². The van der Waals surface area contributed by atoms with E-state index >= 15 is 0 Å². The Balaban J connectivity index is 1.30. The monoisotopic (exact) mass is 349 g/mol. The fourth-order valence-corrected chi connectivity index (χ4v) is 4.25. The van der Waals surface area contributed by atoms with Crippen molar-refractivity contribution in [1.82, 2.24) is 9.88 Å². The molecule has 1 fully saturated rings. The van der Waals surface area contributed by atoms with Crippen molar-refractivity contribution < 1.29 is 4.79 Å². The molecule has 0 saturated carbocycles. The van der Waals surface area contributed by atoms with Crippen molar-refractivity contribution in [3.8, 4) is 0 Å². The number of hydrogen-bond acceptors (Lipinski definition) is 3. The molecule has 136 valence electrons. The van der Waals surface area contributed by atoms with E-state index in [1.54, 1.807) is 0 Å². The number of carbonyl (C=O) groups is 1. The molecule has 0 spiro atoms. The molecule has 1 saturated heterocycles. The lowest BCUT2D eigenvalue weighted by atomic mass is 9.94.